The number of nitrogens with zero attached hydrogens (tertiary/aromatic N) is 2. The molecular formula is C21H23N3O2S. The smallest absolute Gasteiger partial charge is 0.293 e. The number of nitrogens with one attached hydrogen (secondary N) is 1. The number of aromatic amines is 1. The lowest BCUT2D eigenvalue weighted by Crippen LogP contribution is -2.21. The molecule has 140 valence electrons. The van der Waals surface area contributed by atoms with Gasteiger partial charge < -0.3 is 0 Å². The number of hydrogen-bond donors (Lipinski definition) is 1. The molecule has 0 aliphatic heterocycles. The van der Waals surface area contributed by atoms with Crippen molar-refractivity contribution in [2.45, 2.75) is 44.1 Å². The summed E-state index contributed by atoms with van der Waals surface area (Å²) >= 11 is 1.31. The molecule has 0 fully saturated rings. The van der Waals surface area contributed by atoms with Crippen LogP contribution in [0.3, 0.4) is 0 Å². The van der Waals surface area contributed by atoms with Crippen molar-refractivity contribution in [1.82, 2.24) is 14.8 Å². The quantitative estimate of drug-likeness (QED) is 0.499. The van der Waals surface area contributed by atoms with Crippen molar-refractivity contribution >= 4 is 17.5 Å². The van der Waals surface area contributed by atoms with E-state index in [1.807, 2.05) is 69.3 Å². The molecule has 0 aliphatic rings. The van der Waals surface area contributed by atoms with Gasteiger partial charge in [0.1, 0.15) is 0 Å². The van der Waals surface area contributed by atoms with Crippen LogP contribution in [-0.4, -0.2) is 25.8 Å². The molecule has 6 heteroatoms. The molecule has 0 spiro atoms. The number of rotatable bonds is 7. The number of Topliss-reactive ketones (excluding diaryl/α,β-unsaturated/α-hetero) is 1. The molecule has 1 heterocycles. The molecule has 0 amide bonds. The van der Waals surface area contributed by atoms with Crippen LogP contribution in [0.2, 0.25) is 0 Å². The first-order valence-corrected chi connectivity index (χ1v) is 9.81. The molecule has 1 aromatic heterocycles. The van der Waals surface area contributed by atoms with Gasteiger partial charge in [-0.05, 0) is 44.4 Å². The van der Waals surface area contributed by atoms with Crippen molar-refractivity contribution in [3.8, 4) is 0 Å². The van der Waals surface area contributed by atoms with E-state index in [1.165, 1.54) is 11.8 Å². The summed E-state index contributed by atoms with van der Waals surface area (Å²) in [6, 6.07) is 15.9. The van der Waals surface area contributed by atoms with E-state index in [4.69, 9.17) is 0 Å². The summed E-state index contributed by atoms with van der Waals surface area (Å²) in [4.78, 5) is 25.0. The number of H-pyrrole nitrogens is 1. The summed E-state index contributed by atoms with van der Waals surface area (Å²) in [5.74, 6) is 0.0475. The zero-order valence-electron chi connectivity index (χ0n) is 15.7. The van der Waals surface area contributed by atoms with Gasteiger partial charge in [-0.25, -0.2) is 9.89 Å². The maximum Gasteiger partial charge on any atom is 0.343 e. The van der Waals surface area contributed by atoms with E-state index in [0.29, 0.717) is 11.7 Å². The van der Waals surface area contributed by atoms with E-state index in [2.05, 4.69) is 10.2 Å². The van der Waals surface area contributed by atoms with Crippen LogP contribution >= 0.6 is 11.8 Å². The molecule has 1 unspecified atom stereocenters. The SMILES string of the molecule is Cc1ccc(C)c(C(=O)C(C)Sc2n[nH]c(=O)n2CCc2ccccc2)c1. The maximum atomic E-state index is 12.9. The lowest BCUT2D eigenvalue weighted by Gasteiger charge is -2.13. The Hall–Kier alpha value is -2.60. The molecule has 3 rings (SSSR count). The number of thioether (sulfide) groups is 1. The van der Waals surface area contributed by atoms with Gasteiger partial charge in [-0.15, -0.1) is 5.10 Å². The molecule has 1 N–H and O–H groups in total. The molecule has 0 saturated heterocycles. The fourth-order valence-electron chi connectivity index (χ4n) is 2.91. The summed E-state index contributed by atoms with van der Waals surface area (Å²) in [7, 11) is 0. The molecule has 5 nitrogen and oxygen atoms in total. The Morgan fingerprint density at radius 1 is 1.19 bits per heavy atom. The van der Waals surface area contributed by atoms with Crippen LogP contribution in [0.25, 0.3) is 0 Å². The second-order valence-electron chi connectivity index (χ2n) is 6.64. The fraction of sp³-hybridized carbons (Fsp3) is 0.286. The zero-order valence-corrected chi connectivity index (χ0v) is 16.5. The van der Waals surface area contributed by atoms with E-state index in [9.17, 15) is 9.59 Å². The van der Waals surface area contributed by atoms with Crippen molar-refractivity contribution in [3.63, 3.8) is 0 Å². The third-order valence-electron chi connectivity index (χ3n) is 4.50. The number of aromatic nitrogens is 3. The number of ketones is 1. The van der Waals surface area contributed by atoms with Gasteiger partial charge in [-0.1, -0.05) is 59.8 Å². The van der Waals surface area contributed by atoms with Crippen LogP contribution in [0, 0.1) is 13.8 Å². The minimum Gasteiger partial charge on any atom is -0.293 e. The van der Waals surface area contributed by atoms with Crippen molar-refractivity contribution < 1.29 is 4.79 Å². The minimum absolute atomic E-state index is 0.0475. The van der Waals surface area contributed by atoms with E-state index in [-0.39, 0.29) is 16.7 Å². The first-order valence-electron chi connectivity index (χ1n) is 8.93. The van der Waals surface area contributed by atoms with E-state index in [1.54, 1.807) is 4.57 Å². The number of hydrogen-bond acceptors (Lipinski definition) is 4. The van der Waals surface area contributed by atoms with E-state index in [0.717, 1.165) is 28.7 Å². The average Bonchev–Trinajstić information content (AvgIpc) is 3.01. The van der Waals surface area contributed by atoms with Crippen molar-refractivity contribution in [2.24, 2.45) is 0 Å². The topological polar surface area (TPSA) is 67.8 Å². The van der Waals surface area contributed by atoms with Crippen LogP contribution in [0.4, 0.5) is 0 Å². The van der Waals surface area contributed by atoms with Crippen molar-refractivity contribution in [3.05, 3.63) is 81.3 Å². The van der Waals surface area contributed by atoms with Crippen LogP contribution in [0.5, 0.6) is 0 Å². The molecule has 0 radical (unpaired) electrons. The highest BCUT2D eigenvalue weighted by atomic mass is 32.2. The van der Waals surface area contributed by atoms with Crippen LogP contribution in [0.15, 0.2) is 58.5 Å². The largest absolute Gasteiger partial charge is 0.343 e. The van der Waals surface area contributed by atoms with Crippen molar-refractivity contribution in [2.75, 3.05) is 0 Å². The highest BCUT2D eigenvalue weighted by Crippen LogP contribution is 2.25. The molecule has 0 saturated carbocycles. The summed E-state index contributed by atoms with van der Waals surface area (Å²) in [5.41, 5.74) is 3.65. The summed E-state index contributed by atoms with van der Waals surface area (Å²) in [6.07, 6.45) is 0.729. The van der Waals surface area contributed by atoms with Gasteiger partial charge in [0.2, 0.25) is 0 Å². The van der Waals surface area contributed by atoms with Gasteiger partial charge in [0.05, 0.1) is 5.25 Å². The molecule has 0 bridgehead atoms. The lowest BCUT2D eigenvalue weighted by atomic mass is 10.0. The van der Waals surface area contributed by atoms with Crippen LogP contribution in [0.1, 0.15) is 34.0 Å². The second-order valence-corrected chi connectivity index (χ2v) is 7.95. The Bertz CT molecular complexity index is 992. The third kappa shape index (κ3) is 4.57. The molecule has 3 aromatic rings. The molecule has 2 aromatic carbocycles. The van der Waals surface area contributed by atoms with Gasteiger partial charge in [-0.3, -0.25) is 9.36 Å². The fourth-order valence-corrected chi connectivity index (χ4v) is 3.86. The van der Waals surface area contributed by atoms with E-state index < -0.39 is 0 Å². The number of carbonyl (C=O) groups excluding carboxylic acids is 1. The molecule has 0 aliphatic carbocycles. The normalized spacial score (nSPS) is 12.1. The number of carbonyl (C=O) groups is 1. The number of aryl methyl sites for hydroxylation is 3. The standard InChI is InChI=1S/C21H23N3O2S/c1-14-9-10-15(2)18(13-14)19(25)16(3)27-21-23-22-20(26)24(21)12-11-17-7-5-4-6-8-17/h4-10,13,16H,11-12H2,1-3H3,(H,22,26). The molecule has 27 heavy (non-hydrogen) atoms. The van der Waals surface area contributed by atoms with Gasteiger partial charge >= 0.3 is 5.69 Å². The lowest BCUT2D eigenvalue weighted by molar-refractivity contribution is 0.0993. The highest BCUT2D eigenvalue weighted by molar-refractivity contribution is 8.00. The highest BCUT2D eigenvalue weighted by Gasteiger charge is 2.21. The van der Waals surface area contributed by atoms with Crippen LogP contribution < -0.4 is 5.69 Å². The summed E-state index contributed by atoms with van der Waals surface area (Å²) in [6.45, 7) is 6.29. The maximum absolute atomic E-state index is 12.9. The summed E-state index contributed by atoms with van der Waals surface area (Å²) < 4.78 is 1.60. The van der Waals surface area contributed by atoms with E-state index >= 15 is 0 Å². The first-order chi connectivity index (χ1) is 13.0. The van der Waals surface area contributed by atoms with Gasteiger partial charge in [0, 0.05) is 12.1 Å². The summed E-state index contributed by atoms with van der Waals surface area (Å²) in [5, 5.41) is 6.83. The zero-order chi connectivity index (χ0) is 19.4. The Kier molecular flexibility index (Phi) is 5.96. The van der Waals surface area contributed by atoms with Gasteiger partial charge in [0.15, 0.2) is 10.9 Å². The van der Waals surface area contributed by atoms with Gasteiger partial charge in [-0.2, -0.15) is 0 Å². The van der Waals surface area contributed by atoms with Crippen LogP contribution in [-0.2, 0) is 13.0 Å². The van der Waals surface area contributed by atoms with Crippen molar-refractivity contribution in [1.29, 1.82) is 0 Å². The van der Waals surface area contributed by atoms with Gasteiger partial charge in [0.25, 0.3) is 0 Å². The number of benzene rings is 2. The predicted octanol–water partition coefficient (Wildman–Crippen LogP) is 3.79. The molecule has 1 atom stereocenters. The average molecular weight is 382 g/mol. The predicted molar refractivity (Wildman–Crippen MR) is 109 cm³/mol. The Balaban J connectivity index is 1.74. The Morgan fingerprint density at radius 2 is 1.93 bits per heavy atom. The molecular weight excluding hydrogens is 358 g/mol. The minimum atomic E-state index is -0.337. The third-order valence-corrected chi connectivity index (χ3v) is 5.59. The first kappa shape index (κ1) is 19.2. The Morgan fingerprint density at radius 3 is 2.67 bits per heavy atom. The second kappa shape index (κ2) is 8.39. The Labute approximate surface area is 162 Å². The monoisotopic (exact) mass is 381 g/mol.